The summed E-state index contributed by atoms with van der Waals surface area (Å²) in [6.45, 7) is 6.01. The van der Waals surface area contributed by atoms with Crippen LogP contribution >= 0.6 is 11.8 Å². The highest BCUT2D eigenvalue weighted by Gasteiger charge is 2.13. The van der Waals surface area contributed by atoms with Gasteiger partial charge in [-0.15, -0.1) is 5.10 Å². The second-order valence-corrected chi connectivity index (χ2v) is 7.22. The predicted octanol–water partition coefficient (Wildman–Crippen LogP) is 3.05. The molecule has 1 aromatic carbocycles. The van der Waals surface area contributed by atoms with Crippen molar-refractivity contribution in [1.82, 2.24) is 19.7 Å². The number of nitrogens with zero attached hydrogens (tertiary/aromatic N) is 3. The van der Waals surface area contributed by atoms with Crippen LogP contribution in [0.4, 0.5) is 0 Å². The molecule has 0 aliphatic carbocycles. The van der Waals surface area contributed by atoms with E-state index in [-0.39, 0.29) is 4.91 Å². The summed E-state index contributed by atoms with van der Waals surface area (Å²) in [6, 6.07) is 11.9. The third-order valence-corrected chi connectivity index (χ3v) is 5.04. The van der Waals surface area contributed by atoms with Crippen molar-refractivity contribution in [3.8, 4) is 5.69 Å². The summed E-state index contributed by atoms with van der Waals surface area (Å²) in [7, 11) is 0. The summed E-state index contributed by atoms with van der Waals surface area (Å²) in [6.07, 6.45) is 3.34. The summed E-state index contributed by atoms with van der Waals surface area (Å²) >= 11 is 0.994. The van der Waals surface area contributed by atoms with Gasteiger partial charge in [-0.25, -0.2) is 4.98 Å². The van der Waals surface area contributed by atoms with E-state index in [9.17, 15) is 9.90 Å². The molecule has 0 fully saturated rings. The lowest BCUT2D eigenvalue weighted by Gasteiger charge is -2.10. The van der Waals surface area contributed by atoms with E-state index in [1.54, 1.807) is 6.08 Å². The van der Waals surface area contributed by atoms with Crippen molar-refractivity contribution in [1.29, 1.82) is 0 Å². The highest BCUT2D eigenvalue weighted by Crippen LogP contribution is 2.28. The minimum atomic E-state index is -1.24. The van der Waals surface area contributed by atoms with Gasteiger partial charge in [-0.05, 0) is 61.9 Å². The normalized spacial score (nSPS) is 11.7. The zero-order valence-corrected chi connectivity index (χ0v) is 16.3. The molecule has 3 aromatic rings. The third-order valence-electron chi connectivity index (χ3n) is 4.17. The molecule has 2 aromatic heterocycles. The van der Waals surface area contributed by atoms with E-state index in [2.05, 4.69) is 19.7 Å². The predicted molar refractivity (Wildman–Crippen MR) is 104 cm³/mol. The molecular weight excluding hydrogens is 360 g/mol. The van der Waals surface area contributed by atoms with Crippen molar-refractivity contribution < 1.29 is 9.90 Å². The molecule has 2 heterocycles. The Morgan fingerprint density at radius 3 is 2.70 bits per heavy atom. The molecule has 0 radical (unpaired) electrons. The van der Waals surface area contributed by atoms with Crippen molar-refractivity contribution >= 4 is 23.8 Å². The van der Waals surface area contributed by atoms with Crippen LogP contribution in [0, 0.1) is 13.8 Å². The van der Waals surface area contributed by atoms with Gasteiger partial charge in [-0.2, -0.15) is 0 Å². The van der Waals surface area contributed by atoms with Crippen LogP contribution in [0.2, 0.25) is 0 Å². The summed E-state index contributed by atoms with van der Waals surface area (Å²) in [4.78, 5) is 16.0. The van der Waals surface area contributed by atoms with Gasteiger partial charge in [-0.3, -0.25) is 5.10 Å². The number of H-pyrrole nitrogens is 1. The first-order valence-electron chi connectivity index (χ1n) is 8.76. The monoisotopic (exact) mass is 381 g/mol. The van der Waals surface area contributed by atoms with Gasteiger partial charge in [0.1, 0.15) is 5.82 Å². The average molecular weight is 381 g/mol. The van der Waals surface area contributed by atoms with Crippen LogP contribution in [-0.4, -0.2) is 25.7 Å². The molecule has 0 saturated heterocycles. The molecular formula is C20H21N4O2S-. The zero-order valence-electron chi connectivity index (χ0n) is 15.5. The van der Waals surface area contributed by atoms with E-state index < -0.39 is 5.97 Å². The molecule has 27 heavy (non-hydrogen) atoms. The SMILES string of the molecule is CCCc1nc(S/C(=C\c2cc(C)n(-c3ccccc3)c2C)C(=O)[O-])n[nH]1. The summed E-state index contributed by atoms with van der Waals surface area (Å²) in [5.41, 5.74) is 3.84. The van der Waals surface area contributed by atoms with Crippen molar-refractivity contribution in [3.63, 3.8) is 0 Å². The molecule has 0 aliphatic rings. The topological polar surface area (TPSA) is 86.6 Å². The number of carbonyl (C=O) groups excluding carboxylic acids is 1. The fraction of sp³-hybridized carbons (Fsp3) is 0.250. The standard InChI is InChI=1S/C20H22N4O2S/c1-4-8-18-21-20(23-22-18)27-17(19(25)26)12-15-11-13(2)24(14(15)3)16-9-6-5-7-10-16/h5-7,9-12H,4,8H2,1-3H3,(H,25,26)(H,21,22,23)/p-1/b17-12-. The van der Waals surface area contributed by atoms with Crippen LogP contribution in [0.15, 0.2) is 46.5 Å². The highest BCUT2D eigenvalue weighted by molar-refractivity contribution is 8.04. The number of carboxylic acids is 1. The van der Waals surface area contributed by atoms with Crippen molar-refractivity contribution in [3.05, 3.63) is 64.1 Å². The number of benzene rings is 1. The fourth-order valence-corrected chi connectivity index (χ4v) is 3.66. The molecule has 0 atom stereocenters. The molecule has 0 saturated carbocycles. The smallest absolute Gasteiger partial charge is 0.213 e. The molecule has 7 heteroatoms. The Morgan fingerprint density at radius 1 is 1.30 bits per heavy atom. The molecule has 0 unspecified atom stereocenters. The molecule has 6 nitrogen and oxygen atoms in total. The summed E-state index contributed by atoms with van der Waals surface area (Å²) in [5.74, 6) is -0.494. The largest absolute Gasteiger partial charge is 0.544 e. The lowest BCUT2D eigenvalue weighted by Crippen LogP contribution is -2.23. The van der Waals surface area contributed by atoms with Gasteiger partial charge in [0.25, 0.3) is 0 Å². The second-order valence-electron chi connectivity index (χ2n) is 6.21. The van der Waals surface area contributed by atoms with Gasteiger partial charge in [0, 0.05) is 28.4 Å². The number of para-hydroxylation sites is 1. The molecule has 0 bridgehead atoms. The Bertz CT molecular complexity index is 973. The summed E-state index contributed by atoms with van der Waals surface area (Å²) in [5, 5.41) is 18.9. The molecule has 1 N–H and O–H groups in total. The van der Waals surface area contributed by atoms with Crippen molar-refractivity contribution in [2.75, 3.05) is 0 Å². The van der Waals surface area contributed by atoms with Crippen molar-refractivity contribution in [2.24, 2.45) is 0 Å². The third kappa shape index (κ3) is 4.31. The van der Waals surface area contributed by atoms with Crippen LogP contribution in [0.1, 0.15) is 36.1 Å². The Hall–Kier alpha value is -2.80. The van der Waals surface area contributed by atoms with E-state index in [0.29, 0.717) is 5.16 Å². The second kappa shape index (κ2) is 8.26. The molecule has 0 amide bonds. The number of carbonyl (C=O) groups is 1. The highest BCUT2D eigenvalue weighted by atomic mass is 32.2. The Labute approximate surface area is 162 Å². The lowest BCUT2D eigenvalue weighted by molar-refractivity contribution is -0.297. The van der Waals surface area contributed by atoms with Gasteiger partial charge in [0.15, 0.2) is 0 Å². The maximum absolute atomic E-state index is 11.6. The Morgan fingerprint density at radius 2 is 2.04 bits per heavy atom. The van der Waals surface area contributed by atoms with E-state index in [0.717, 1.165) is 53.1 Å². The van der Waals surface area contributed by atoms with Gasteiger partial charge in [0.05, 0.1) is 5.97 Å². The molecule has 0 aliphatic heterocycles. The van der Waals surface area contributed by atoms with Crippen LogP contribution in [-0.2, 0) is 11.2 Å². The minimum absolute atomic E-state index is 0.0744. The van der Waals surface area contributed by atoms with Crippen LogP contribution in [0.25, 0.3) is 11.8 Å². The maximum Gasteiger partial charge on any atom is 0.213 e. The van der Waals surface area contributed by atoms with Gasteiger partial charge in [0.2, 0.25) is 5.16 Å². The van der Waals surface area contributed by atoms with E-state index in [1.807, 2.05) is 57.2 Å². The fourth-order valence-electron chi connectivity index (χ4n) is 2.95. The first kappa shape index (κ1) is 19.0. The minimum Gasteiger partial charge on any atom is -0.544 e. The number of carboxylic acid groups (broad SMARTS) is 1. The number of thioether (sulfide) groups is 1. The lowest BCUT2D eigenvalue weighted by atomic mass is 10.2. The Balaban J connectivity index is 1.93. The van der Waals surface area contributed by atoms with Gasteiger partial charge < -0.3 is 14.5 Å². The van der Waals surface area contributed by atoms with Crippen LogP contribution in [0.3, 0.4) is 0 Å². The number of aliphatic carboxylic acids is 1. The summed E-state index contributed by atoms with van der Waals surface area (Å²) < 4.78 is 2.09. The van der Waals surface area contributed by atoms with Crippen LogP contribution < -0.4 is 5.11 Å². The first-order valence-corrected chi connectivity index (χ1v) is 9.57. The molecule has 0 spiro atoms. The molecule has 3 rings (SSSR count). The van der Waals surface area contributed by atoms with Crippen LogP contribution in [0.5, 0.6) is 0 Å². The van der Waals surface area contributed by atoms with Gasteiger partial charge >= 0.3 is 0 Å². The number of aryl methyl sites for hydroxylation is 2. The quantitative estimate of drug-likeness (QED) is 0.502. The van der Waals surface area contributed by atoms with E-state index in [4.69, 9.17) is 0 Å². The van der Waals surface area contributed by atoms with E-state index in [1.165, 1.54) is 0 Å². The van der Waals surface area contributed by atoms with E-state index >= 15 is 0 Å². The Kier molecular flexibility index (Phi) is 5.81. The van der Waals surface area contributed by atoms with Crippen molar-refractivity contribution in [2.45, 2.75) is 38.8 Å². The number of hydrogen-bond donors (Lipinski definition) is 1. The molecule has 140 valence electrons. The average Bonchev–Trinajstić information content (AvgIpc) is 3.19. The zero-order chi connectivity index (χ0) is 19.4. The number of aromatic amines is 1. The number of rotatable bonds is 7. The number of nitrogens with one attached hydrogen (secondary N) is 1. The number of hydrogen-bond acceptors (Lipinski definition) is 5. The first-order chi connectivity index (χ1) is 13.0. The van der Waals surface area contributed by atoms with Gasteiger partial charge in [-0.1, -0.05) is 25.1 Å². The maximum atomic E-state index is 11.6. The number of aromatic nitrogens is 4.